The molecule has 0 radical (unpaired) electrons. The summed E-state index contributed by atoms with van der Waals surface area (Å²) in [6, 6.07) is 12.2. The van der Waals surface area contributed by atoms with Crippen molar-refractivity contribution in [2.45, 2.75) is 13.3 Å². The lowest BCUT2D eigenvalue weighted by molar-refractivity contribution is 0.411. The third-order valence-electron chi connectivity index (χ3n) is 4.23. The molecular weight excluding hydrogens is 346 g/mol. The molecule has 0 amide bonds. The minimum Gasteiger partial charge on any atom is -0.496 e. The van der Waals surface area contributed by atoms with Crippen LogP contribution in [-0.2, 0) is 6.42 Å². The van der Waals surface area contributed by atoms with E-state index in [4.69, 9.17) is 4.74 Å². The molecule has 132 valence electrons. The minimum absolute atomic E-state index is 0.736. The Morgan fingerprint density at radius 2 is 2.08 bits per heavy atom. The van der Waals surface area contributed by atoms with Gasteiger partial charge in [0, 0.05) is 17.5 Å². The van der Waals surface area contributed by atoms with Crippen molar-refractivity contribution in [3.63, 3.8) is 0 Å². The number of hydrogen-bond donors (Lipinski definition) is 1. The Hall–Kier alpha value is -2.93. The number of benzene rings is 1. The van der Waals surface area contributed by atoms with Crippen LogP contribution in [0.15, 0.2) is 47.2 Å². The highest BCUT2D eigenvalue weighted by Gasteiger charge is 2.10. The van der Waals surface area contributed by atoms with Crippen molar-refractivity contribution in [1.82, 2.24) is 19.8 Å². The molecule has 0 bridgehead atoms. The van der Waals surface area contributed by atoms with E-state index in [-0.39, 0.29) is 0 Å². The zero-order valence-corrected chi connectivity index (χ0v) is 15.5. The lowest BCUT2D eigenvalue weighted by Gasteiger charge is -2.09. The van der Waals surface area contributed by atoms with Crippen molar-refractivity contribution in [2.75, 3.05) is 19.0 Å². The van der Waals surface area contributed by atoms with E-state index in [2.05, 4.69) is 38.8 Å². The Balaban J connectivity index is 1.48. The summed E-state index contributed by atoms with van der Waals surface area (Å²) in [6.07, 6.45) is 0.885. The predicted octanol–water partition coefficient (Wildman–Crippen LogP) is 3.82. The average molecular weight is 365 g/mol. The van der Waals surface area contributed by atoms with Crippen molar-refractivity contribution in [2.24, 2.45) is 0 Å². The molecule has 6 nitrogen and oxygen atoms in total. The molecule has 4 aromatic rings. The fourth-order valence-electron chi connectivity index (χ4n) is 2.81. The van der Waals surface area contributed by atoms with Crippen LogP contribution in [0, 0.1) is 6.92 Å². The second kappa shape index (κ2) is 7.13. The summed E-state index contributed by atoms with van der Waals surface area (Å²) < 4.78 is 7.17. The van der Waals surface area contributed by atoms with Gasteiger partial charge < -0.3 is 10.1 Å². The summed E-state index contributed by atoms with van der Waals surface area (Å²) in [6.45, 7) is 2.82. The van der Waals surface area contributed by atoms with E-state index in [0.29, 0.717) is 0 Å². The zero-order chi connectivity index (χ0) is 17.9. The molecule has 26 heavy (non-hydrogen) atoms. The van der Waals surface area contributed by atoms with Crippen molar-refractivity contribution >= 4 is 22.8 Å². The number of anilines is 1. The summed E-state index contributed by atoms with van der Waals surface area (Å²) in [5.74, 6) is 2.48. The van der Waals surface area contributed by atoms with Crippen LogP contribution in [-0.4, -0.2) is 33.5 Å². The van der Waals surface area contributed by atoms with Crippen molar-refractivity contribution in [3.05, 3.63) is 58.3 Å². The molecule has 0 saturated carbocycles. The molecule has 7 heteroatoms. The molecule has 1 aromatic carbocycles. The summed E-state index contributed by atoms with van der Waals surface area (Å²) in [4.78, 5) is 0. The Kier molecular flexibility index (Phi) is 4.53. The lowest BCUT2D eigenvalue weighted by atomic mass is 10.1. The maximum atomic E-state index is 5.39. The van der Waals surface area contributed by atoms with E-state index < -0.39 is 0 Å². The number of aryl methyl sites for hydroxylation is 1. The zero-order valence-electron chi connectivity index (χ0n) is 14.6. The molecule has 0 atom stereocenters. The Labute approximate surface area is 155 Å². The Morgan fingerprint density at radius 3 is 2.88 bits per heavy atom. The second-order valence-corrected chi connectivity index (χ2v) is 6.78. The van der Waals surface area contributed by atoms with Crippen LogP contribution in [0.5, 0.6) is 5.75 Å². The van der Waals surface area contributed by atoms with Gasteiger partial charge >= 0.3 is 0 Å². The van der Waals surface area contributed by atoms with E-state index in [0.717, 1.165) is 47.1 Å². The molecule has 0 aliphatic carbocycles. The highest BCUT2D eigenvalue weighted by Crippen LogP contribution is 2.21. The monoisotopic (exact) mass is 365 g/mol. The number of hydrogen-bond acceptors (Lipinski definition) is 6. The number of ether oxygens (including phenoxy) is 1. The number of nitrogens with one attached hydrogen (secondary N) is 1. The smallest absolute Gasteiger partial charge is 0.186 e. The van der Waals surface area contributed by atoms with E-state index >= 15 is 0 Å². The summed E-state index contributed by atoms with van der Waals surface area (Å²) in [5.41, 5.74) is 4.13. The van der Waals surface area contributed by atoms with Gasteiger partial charge in [-0.2, -0.15) is 15.9 Å². The summed E-state index contributed by atoms with van der Waals surface area (Å²) in [5, 5.41) is 20.5. The normalized spacial score (nSPS) is 11.0. The summed E-state index contributed by atoms with van der Waals surface area (Å²) in [7, 11) is 1.70. The maximum absolute atomic E-state index is 5.39. The van der Waals surface area contributed by atoms with E-state index in [1.54, 1.807) is 23.0 Å². The van der Waals surface area contributed by atoms with Gasteiger partial charge in [-0.25, -0.2) is 0 Å². The third kappa shape index (κ3) is 3.25. The van der Waals surface area contributed by atoms with Gasteiger partial charge in [-0.1, -0.05) is 12.1 Å². The average Bonchev–Trinajstić information content (AvgIpc) is 3.32. The van der Waals surface area contributed by atoms with Crippen molar-refractivity contribution < 1.29 is 4.74 Å². The summed E-state index contributed by atoms with van der Waals surface area (Å²) >= 11 is 1.63. The molecule has 0 unspecified atom stereocenters. The highest BCUT2D eigenvalue weighted by atomic mass is 32.1. The molecule has 3 aromatic heterocycles. The quantitative estimate of drug-likeness (QED) is 0.563. The van der Waals surface area contributed by atoms with E-state index in [9.17, 15) is 0 Å². The molecule has 0 aliphatic rings. The number of rotatable bonds is 6. The SMILES string of the molecule is COc1cc(CCNc2ccc3nnc(-c4ccsc4)n3n2)ccc1C. The van der Waals surface area contributed by atoms with Crippen LogP contribution in [0.4, 0.5) is 5.82 Å². The van der Waals surface area contributed by atoms with Gasteiger partial charge in [0.15, 0.2) is 11.5 Å². The molecule has 0 aliphatic heterocycles. The first-order valence-corrected chi connectivity index (χ1v) is 9.31. The Bertz CT molecular complexity index is 1030. The van der Waals surface area contributed by atoms with Gasteiger partial charge in [0.05, 0.1) is 7.11 Å². The Morgan fingerprint density at radius 1 is 1.15 bits per heavy atom. The first kappa shape index (κ1) is 16.5. The molecule has 1 N–H and O–H groups in total. The van der Waals surface area contributed by atoms with Crippen LogP contribution in [0.3, 0.4) is 0 Å². The lowest BCUT2D eigenvalue weighted by Crippen LogP contribution is -2.08. The molecule has 0 saturated heterocycles. The minimum atomic E-state index is 0.736. The largest absolute Gasteiger partial charge is 0.496 e. The van der Waals surface area contributed by atoms with Crippen LogP contribution >= 0.6 is 11.3 Å². The van der Waals surface area contributed by atoms with Gasteiger partial charge in [-0.05, 0) is 54.1 Å². The molecule has 4 rings (SSSR count). The number of methoxy groups -OCH3 is 1. The molecule has 0 fully saturated rings. The van der Waals surface area contributed by atoms with E-state index in [1.807, 2.05) is 35.9 Å². The number of fused-ring (bicyclic) bond motifs is 1. The fraction of sp³-hybridized carbons (Fsp3) is 0.211. The molecule has 3 heterocycles. The first-order chi connectivity index (χ1) is 12.7. The van der Waals surface area contributed by atoms with Gasteiger partial charge in [-0.3, -0.25) is 0 Å². The van der Waals surface area contributed by atoms with Crippen molar-refractivity contribution in [1.29, 1.82) is 0 Å². The molecular formula is C19H19N5OS. The van der Waals surface area contributed by atoms with Crippen LogP contribution in [0.2, 0.25) is 0 Å². The standard InChI is InChI=1S/C19H19N5OS/c1-13-3-4-14(11-16(13)25-2)7-9-20-17-5-6-18-21-22-19(24(18)23-17)15-8-10-26-12-15/h3-6,8,10-12H,7,9H2,1-2H3,(H,20,23). The maximum Gasteiger partial charge on any atom is 0.186 e. The number of nitrogens with zero attached hydrogens (tertiary/aromatic N) is 4. The number of aromatic nitrogens is 4. The number of thiophene rings is 1. The third-order valence-corrected chi connectivity index (χ3v) is 4.92. The van der Waals surface area contributed by atoms with Crippen LogP contribution in [0.25, 0.3) is 17.0 Å². The highest BCUT2D eigenvalue weighted by molar-refractivity contribution is 7.08. The van der Waals surface area contributed by atoms with Gasteiger partial charge in [0.2, 0.25) is 0 Å². The van der Waals surface area contributed by atoms with Gasteiger partial charge in [0.1, 0.15) is 11.6 Å². The first-order valence-electron chi connectivity index (χ1n) is 8.37. The van der Waals surface area contributed by atoms with Crippen LogP contribution in [0.1, 0.15) is 11.1 Å². The fourth-order valence-corrected chi connectivity index (χ4v) is 3.44. The second-order valence-electron chi connectivity index (χ2n) is 6.00. The van der Waals surface area contributed by atoms with Crippen LogP contribution < -0.4 is 10.1 Å². The van der Waals surface area contributed by atoms with Crippen molar-refractivity contribution in [3.8, 4) is 17.1 Å². The predicted molar refractivity (Wildman–Crippen MR) is 104 cm³/mol. The molecule has 0 spiro atoms. The van der Waals surface area contributed by atoms with Gasteiger partial charge in [0.25, 0.3) is 0 Å². The van der Waals surface area contributed by atoms with Gasteiger partial charge in [-0.15, -0.1) is 15.3 Å². The van der Waals surface area contributed by atoms with E-state index in [1.165, 1.54) is 5.56 Å². The topological polar surface area (TPSA) is 64.3 Å².